The summed E-state index contributed by atoms with van der Waals surface area (Å²) < 4.78 is 12.3. The third kappa shape index (κ3) is 8.80. The van der Waals surface area contributed by atoms with Crippen LogP contribution < -0.4 is 20.3 Å². The molecule has 0 saturated carbocycles. The Hall–Kier alpha value is -2.72. The van der Waals surface area contributed by atoms with Crippen LogP contribution in [-0.4, -0.2) is 38.5 Å². The third-order valence-electron chi connectivity index (χ3n) is 4.23. The number of hydrazone groups is 2. The van der Waals surface area contributed by atoms with Crippen LogP contribution in [0.2, 0.25) is 0 Å². The Balaban J connectivity index is 1.68. The minimum absolute atomic E-state index is 0.226. The molecule has 0 fully saturated rings. The highest BCUT2D eigenvalue weighted by Gasteiger charge is 2.05. The van der Waals surface area contributed by atoms with Crippen LogP contribution in [0, 0.1) is 0 Å². The van der Waals surface area contributed by atoms with E-state index in [-0.39, 0.29) is 24.7 Å². The van der Waals surface area contributed by atoms with Gasteiger partial charge in [0, 0.05) is 32.9 Å². The maximum atomic E-state index is 11.9. The Morgan fingerprint density at radius 2 is 1.22 bits per heavy atom. The van der Waals surface area contributed by atoms with Gasteiger partial charge in [0.15, 0.2) is 0 Å². The number of carbonyl (C=O) groups is 2. The maximum absolute atomic E-state index is 11.9. The SMILES string of the molecule is COc1ccc(Br)cc1/C=N\NC(=O)CCCCC(=O)N/N=C\c1cc(Br)ccc1OC. The van der Waals surface area contributed by atoms with Crippen molar-refractivity contribution in [3.8, 4) is 11.5 Å². The van der Waals surface area contributed by atoms with E-state index in [1.54, 1.807) is 26.4 Å². The van der Waals surface area contributed by atoms with Gasteiger partial charge in [0.1, 0.15) is 11.5 Å². The number of ether oxygens (including phenoxy) is 2. The minimum Gasteiger partial charge on any atom is -0.496 e. The smallest absolute Gasteiger partial charge is 0.240 e. The zero-order valence-electron chi connectivity index (χ0n) is 17.7. The number of hydrogen-bond acceptors (Lipinski definition) is 6. The summed E-state index contributed by atoms with van der Waals surface area (Å²) in [5.41, 5.74) is 6.43. The Morgan fingerprint density at radius 3 is 1.59 bits per heavy atom. The number of nitrogens with zero attached hydrogens (tertiary/aromatic N) is 2. The minimum atomic E-state index is -0.226. The van der Waals surface area contributed by atoms with Crippen molar-refractivity contribution in [3.63, 3.8) is 0 Å². The van der Waals surface area contributed by atoms with Crippen LogP contribution in [0.3, 0.4) is 0 Å². The number of methoxy groups -OCH3 is 2. The molecule has 2 amide bonds. The van der Waals surface area contributed by atoms with Gasteiger partial charge in [-0.05, 0) is 49.2 Å². The number of hydrogen-bond donors (Lipinski definition) is 2. The van der Waals surface area contributed by atoms with Gasteiger partial charge in [-0.25, -0.2) is 10.9 Å². The van der Waals surface area contributed by atoms with Crippen molar-refractivity contribution in [2.45, 2.75) is 25.7 Å². The van der Waals surface area contributed by atoms with Crippen LogP contribution in [0.4, 0.5) is 0 Å². The van der Waals surface area contributed by atoms with E-state index in [2.05, 4.69) is 52.9 Å². The Bertz CT molecular complexity index is 916. The molecular weight excluding hydrogens is 544 g/mol. The zero-order valence-corrected chi connectivity index (χ0v) is 20.9. The topological polar surface area (TPSA) is 101 Å². The summed E-state index contributed by atoms with van der Waals surface area (Å²) in [6.45, 7) is 0. The van der Waals surface area contributed by atoms with Crippen molar-refractivity contribution in [2.24, 2.45) is 10.2 Å². The largest absolute Gasteiger partial charge is 0.496 e. The fourth-order valence-corrected chi connectivity index (χ4v) is 3.40. The molecule has 0 unspecified atom stereocenters. The van der Waals surface area contributed by atoms with E-state index in [4.69, 9.17) is 9.47 Å². The van der Waals surface area contributed by atoms with Crippen LogP contribution >= 0.6 is 31.9 Å². The molecule has 2 aromatic carbocycles. The lowest BCUT2D eigenvalue weighted by Gasteiger charge is -2.05. The van der Waals surface area contributed by atoms with Crippen molar-refractivity contribution in [2.75, 3.05) is 14.2 Å². The fourth-order valence-electron chi connectivity index (χ4n) is 2.64. The number of amides is 2. The van der Waals surface area contributed by atoms with Gasteiger partial charge >= 0.3 is 0 Å². The summed E-state index contributed by atoms with van der Waals surface area (Å²) in [5.74, 6) is 0.849. The number of nitrogens with one attached hydrogen (secondary N) is 2. The fraction of sp³-hybridized carbons (Fsp3) is 0.273. The molecule has 0 atom stereocenters. The summed E-state index contributed by atoms with van der Waals surface area (Å²) in [6.07, 6.45) is 4.67. The number of halogens is 2. The molecule has 2 rings (SSSR count). The van der Waals surface area contributed by atoms with Crippen molar-refractivity contribution in [1.82, 2.24) is 10.9 Å². The van der Waals surface area contributed by atoms with Crippen molar-refractivity contribution >= 4 is 56.1 Å². The molecular formula is C22H24Br2N4O4. The summed E-state index contributed by atoms with van der Waals surface area (Å²) in [6, 6.07) is 11.0. The predicted octanol–water partition coefficient (Wildman–Crippen LogP) is 4.39. The Kier molecular flexibility index (Phi) is 10.9. The highest BCUT2D eigenvalue weighted by atomic mass is 79.9. The van der Waals surface area contributed by atoms with E-state index in [1.807, 2.05) is 24.3 Å². The molecule has 8 nitrogen and oxygen atoms in total. The summed E-state index contributed by atoms with van der Waals surface area (Å²) in [5, 5.41) is 7.91. The first kappa shape index (κ1) is 25.5. The molecule has 0 heterocycles. The molecule has 10 heteroatoms. The molecule has 0 aromatic heterocycles. The second kappa shape index (κ2) is 13.6. The first-order chi connectivity index (χ1) is 15.4. The van der Waals surface area contributed by atoms with Crippen LogP contribution in [-0.2, 0) is 9.59 Å². The summed E-state index contributed by atoms with van der Waals surface area (Å²) >= 11 is 6.77. The molecule has 0 aliphatic heterocycles. The number of unbranched alkanes of at least 4 members (excludes halogenated alkanes) is 1. The van der Waals surface area contributed by atoms with Crippen LogP contribution in [0.1, 0.15) is 36.8 Å². The third-order valence-corrected chi connectivity index (χ3v) is 5.21. The molecule has 0 bridgehead atoms. The van der Waals surface area contributed by atoms with E-state index in [1.165, 1.54) is 12.4 Å². The van der Waals surface area contributed by atoms with Gasteiger partial charge in [0.25, 0.3) is 0 Å². The average Bonchev–Trinajstić information content (AvgIpc) is 2.77. The molecule has 0 aliphatic rings. The molecule has 32 heavy (non-hydrogen) atoms. The quantitative estimate of drug-likeness (QED) is 0.239. The van der Waals surface area contributed by atoms with Crippen molar-refractivity contribution in [3.05, 3.63) is 56.5 Å². The summed E-state index contributed by atoms with van der Waals surface area (Å²) in [7, 11) is 3.14. The maximum Gasteiger partial charge on any atom is 0.240 e. The first-order valence-electron chi connectivity index (χ1n) is 9.74. The highest BCUT2D eigenvalue weighted by molar-refractivity contribution is 9.10. The molecule has 2 N–H and O–H groups in total. The van der Waals surface area contributed by atoms with Crippen LogP contribution in [0.5, 0.6) is 11.5 Å². The van der Waals surface area contributed by atoms with Gasteiger partial charge in [-0.15, -0.1) is 0 Å². The molecule has 0 saturated heterocycles. The van der Waals surface area contributed by atoms with E-state index < -0.39 is 0 Å². The summed E-state index contributed by atoms with van der Waals surface area (Å²) in [4.78, 5) is 23.8. The van der Waals surface area contributed by atoms with Gasteiger partial charge in [0.05, 0.1) is 26.6 Å². The van der Waals surface area contributed by atoms with Gasteiger partial charge in [-0.1, -0.05) is 31.9 Å². The van der Waals surface area contributed by atoms with E-state index >= 15 is 0 Å². The van der Waals surface area contributed by atoms with E-state index in [0.717, 1.165) is 20.1 Å². The second-order valence-corrected chi connectivity index (χ2v) is 8.40. The lowest BCUT2D eigenvalue weighted by molar-refractivity contribution is -0.123. The molecule has 0 aliphatic carbocycles. The first-order valence-corrected chi connectivity index (χ1v) is 11.3. The molecule has 0 spiro atoms. The van der Waals surface area contributed by atoms with Gasteiger partial charge in [-0.3, -0.25) is 9.59 Å². The standard InChI is InChI=1S/C22H24Br2N4O4/c1-31-19-9-7-17(23)11-15(19)13-25-27-21(29)5-3-4-6-22(30)28-26-14-16-12-18(24)8-10-20(16)32-2/h7-14H,3-6H2,1-2H3,(H,27,29)(H,28,30)/b25-13-,26-14-. The van der Waals surface area contributed by atoms with Crippen LogP contribution in [0.25, 0.3) is 0 Å². The molecule has 2 aromatic rings. The Labute approximate surface area is 203 Å². The molecule has 0 radical (unpaired) electrons. The van der Waals surface area contributed by atoms with Gasteiger partial charge in [0.2, 0.25) is 11.8 Å². The van der Waals surface area contributed by atoms with Crippen molar-refractivity contribution in [1.29, 1.82) is 0 Å². The lowest BCUT2D eigenvalue weighted by Crippen LogP contribution is -2.19. The van der Waals surface area contributed by atoms with Gasteiger partial charge < -0.3 is 9.47 Å². The monoisotopic (exact) mass is 566 g/mol. The van der Waals surface area contributed by atoms with E-state index in [0.29, 0.717) is 24.3 Å². The van der Waals surface area contributed by atoms with Crippen LogP contribution in [0.15, 0.2) is 55.5 Å². The van der Waals surface area contributed by atoms with E-state index in [9.17, 15) is 9.59 Å². The van der Waals surface area contributed by atoms with Gasteiger partial charge in [-0.2, -0.15) is 10.2 Å². The second-order valence-electron chi connectivity index (χ2n) is 6.57. The zero-order chi connectivity index (χ0) is 23.3. The highest BCUT2D eigenvalue weighted by Crippen LogP contribution is 2.22. The lowest BCUT2D eigenvalue weighted by atomic mass is 10.2. The number of rotatable bonds is 11. The van der Waals surface area contributed by atoms with Crippen molar-refractivity contribution < 1.29 is 19.1 Å². The molecule has 170 valence electrons. The number of benzene rings is 2. The normalized spacial score (nSPS) is 11.0. The Morgan fingerprint density at radius 1 is 0.812 bits per heavy atom. The number of carbonyl (C=O) groups excluding carboxylic acids is 2. The average molecular weight is 568 g/mol. The predicted molar refractivity (Wildman–Crippen MR) is 131 cm³/mol.